The average molecular weight is 249 g/mol. The minimum Gasteiger partial charge on any atom is -0.353 e. The standard InChI is InChI=1S/C16H27NO/c1-10(2)12-8-15(3)13-5-6-16(4,17-9-18)14(15)7-11(12)13/h9-14H,5-8H2,1-4H3,(H,17,18)/t11-,12+,13-,14+,15+,16+/m0/s1. The third-order valence-electron chi connectivity index (χ3n) is 6.88. The van der Waals surface area contributed by atoms with Gasteiger partial charge >= 0.3 is 0 Å². The fourth-order valence-electron chi connectivity index (χ4n) is 6.08. The summed E-state index contributed by atoms with van der Waals surface area (Å²) >= 11 is 0. The summed E-state index contributed by atoms with van der Waals surface area (Å²) in [6.07, 6.45) is 6.16. The van der Waals surface area contributed by atoms with Crippen molar-refractivity contribution in [3.63, 3.8) is 0 Å². The lowest BCUT2D eigenvalue weighted by Crippen LogP contribution is -2.56. The summed E-state index contributed by atoms with van der Waals surface area (Å²) in [5.74, 6) is 4.30. The molecule has 2 nitrogen and oxygen atoms in total. The van der Waals surface area contributed by atoms with Crippen LogP contribution in [0.1, 0.15) is 53.4 Å². The molecule has 3 aliphatic carbocycles. The van der Waals surface area contributed by atoms with Crippen LogP contribution in [0.15, 0.2) is 0 Å². The van der Waals surface area contributed by atoms with Crippen LogP contribution in [0.2, 0.25) is 0 Å². The monoisotopic (exact) mass is 249 g/mol. The van der Waals surface area contributed by atoms with Gasteiger partial charge in [0.25, 0.3) is 0 Å². The number of nitrogens with one attached hydrogen (secondary N) is 1. The zero-order valence-corrected chi connectivity index (χ0v) is 12.2. The van der Waals surface area contributed by atoms with Gasteiger partial charge in [0.05, 0.1) is 0 Å². The zero-order valence-electron chi connectivity index (χ0n) is 12.2. The highest BCUT2D eigenvalue weighted by Gasteiger charge is 2.66. The van der Waals surface area contributed by atoms with Gasteiger partial charge in [-0.05, 0) is 67.6 Å². The fraction of sp³-hybridized carbons (Fsp3) is 0.938. The Balaban J connectivity index is 1.91. The quantitative estimate of drug-likeness (QED) is 0.765. The molecule has 2 heteroatoms. The Kier molecular flexibility index (Phi) is 2.60. The van der Waals surface area contributed by atoms with Gasteiger partial charge in [0.15, 0.2) is 0 Å². The minimum absolute atomic E-state index is 0.0592. The summed E-state index contributed by atoms with van der Waals surface area (Å²) in [7, 11) is 0. The molecule has 6 atom stereocenters. The summed E-state index contributed by atoms with van der Waals surface area (Å²) in [6, 6.07) is 0. The SMILES string of the molecule is CC(C)[C@H]1C[C@@]2(C)[C@H]3C[C@@H]1[C@@H]2CC[C@@]3(C)NC=O. The average Bonchev–Trinajstić information content (AvgIpc) is 2.67. The molecule has 0 aromatic carbocycles. The molecule has 102 valence electrons. The van der Waals surface area contributed by atoms with E-state index in [1.807, 2.05) is 0 Å². The van der Waals surface area contributed by atoms with E-state index in [0.29, 0.717) is 11.3 Å². The predicted octanol–water partition coefficient (Wildman–Crippen LogP) is 3.22. The first-order chi connectivity index (χ1) is 8.42. The van der Waals surface area contributed by atoms with Gasteiger partial charge in [-0.25, -0.2) is 0 Å². The molecule has 0 spiro atoms. The van der Waals surface area contributed by atoms with Crippen molar-refractivity contribution in [3.8, 4) is 0 Å². The normalized spacial score (nSPS) is 53.8. The third kappa shape index (κ3) is 1.38. The topological polar surface area (TPSA) is 29.1 Å². The number of hydrogen-bond acceptors (Lipinski definition) is 1. The Morgan fingerprint density at radius 1 is 1.33 bits per heavy atom. The Hall–Kier alpha value is -0.530. The van der Waals surface area contributed by atoms with Crippen molar-refractivity contribution < 1.29 is 4.79 Å². The molecule has 0 radical (unpaired) electrons. The first-order valence-corrected chi connectivity index (χ1v) is 7.64. The summed E-state index contributed by atoms with van der Waals surface area (Å²) in [6.45, 7) is 9.57. The van der Waals surface area contributed by atoms with Crippen molar-refractivity contribution in [1.29, 1.82) is 0 Å². The van der Waals surface area contributed by atoms with Crippen molar-refractivity contribution in [1.82, 2.24) is 5.32 Å². The molecular formula is C16H27NO. The highest BCUT2D eigenvalue weighted by Crippen LogP contribution is 2.71. The second-order valence-corrected chi connectivity index (χ2v) is 7.89. The smallest absolute Gasteiger partial charge is 0.207 e. The van der Waals surface area contributed by atoms with E-state index < -0.39 is 0 Å². The molecule has 3 aliphatic rings. The summed E-state index contributed by atoms with van der Waals surface area (Å²) < 4.78 is 0. The molecule has 3 rings (SSSR count). The van der Waals surface area contributed by atoms with E-state index >= 15 is 0 Å². The minimum atomic E-state index is 0.0592. The van der Waals surface area contributed by atoms with E-state index in [9.17, 15) is 4.79 Å². The molecule has 0 aromatic rings. The van der Waals surface area contributed by atoms with Crippen LogP contribution >= 0.6 is 0 Å². The van der Waals surface area contributed by atoms with Crippen LogP contribution in [-0.4, -0.2) is 11.9 Å². The molecule has 1 amide bonds. The largest absolute Gasteiger partial charge is 0.353 e. The Morgan fingerprint density at radius 2 is 2.06 bits per heavy atom. The van der Waals surface area contributed by atoms with E-state index in [4.69, 9.17) is 0 Å². The maximum atomic E-state index is 10.9. The lowest BCUT2D eigenvalue weighted by molar-refractivity contribution is -0.113. The van der Waals surface area contributed by atoms with Gasteiger partial charge in [-0.2, -0.15) is 0 Å². The van der Waals surface area contributed by atoms with Crippen LogP contribution in [0.5, 0.6) is 0 Å². The molecular weight excluding hydrogens is 222 g/mol. The molecule has 4 bridgehead atoms. The van der Waals surface area contributed by atoms with E-state index in [-0.39, 0.29) is 5.54 Å². The van der Waals surface area contributed by atoms with Crippen LogP contribution < -0.4 is 5.32 Å². The predicted molar refractivity (Wildman–Crippen MR) is 73.0 cm³/mol. The highest BCUT2D eigenvalue weighted by atomic mass is 16.1. The number of carbonyl (C=O) groups excluding carboxylic acids is 1. The number of hydrogen-bond donors (Lipinski definition) is 1. The summed E-state index contributed by atoms with van der Waals surface area (Å²) in [5.41, 5.74) is 0.548. The van der Waals surface area contributed by atoms with Crippen LogP contribution in [0.3, 0.4) is 0 Å². The second kappa shape index (κ2) is 3.74. The van der Waals surface area contributed by atoms with E-state index in [1.54, 1.807) is 0 Å². The van der Waals surface area contributed by atoms with Gasteiger partial charge in [0.2, 0.25) is 6.41 Å². The lowest BCUT2D eigenvalue weighted by Gasteiger charge is -2.50. The maximum absolute atomic E-state index is 10.9. The van der Waals surface area contributed by atoms with Gasteiger partial charge in [-0.3, -0.25) is 4.79 Å². The van der Waals surface area contributed by atoms with Crippen LogP contribution in [0.25, 0.3) is 0 Å². The van der Waals surface area contributed by atoms with E-state index in [2.05, 4.69) is 33.0 Å². The fourth-order valence-corrected chi connectivity index (χ4v) is 6.08. The van der Waals surface area contributed by atoms with Gasteiger partial charge < -0.3 is 5.32 Å². The first kappa shape index (κ1) is 12.5. The molecule has 0 saturated heterocycles. The number of carbonyl (C=O) groups is 1. The van der Waals surface area contributed by atoms with Gasteiger partial charge in [-0.1, -0.05) is 20.8 Å². The van der Waals surface area contributed by atoms with Crippen molar-refractivity contribution in [2.75, 3.05) is 0 Å². The van der Waals surface area contributed by atoms with E-state index in [0.717, 1.165) is 30.1 Å². The van der Waals surface area contributed by atoms with Crippen LogP contribution in [-0.2, 0) is 4.79 Å². The molecule has 1 N–H and O–H groups in total. The summed E-state index contributed by atoms with van der Waals surface area (Å²) in [4.78, 5) is 10.9. The van der Waals surface area contributed by atoms with Crippen LogP contribution in [0, 0.1) is 35.0 Å². The maximum Gasteiger partial charge on any atom is 0.207 e. The van der Waals surface area contributed by atoms with Crippen molar-refractivity contribution in [2.24, 2.45) is 35.0 Å². The Bertz CT molecular complexity index is 366. The van der Waals surface area contributed by atoms with E-state index in [1.165, 1.54) is 25.7 Å². The summed E-state index contributed by atoms with van der Waals surface area (Å²) in [5, 5.41) is 3.16. The molecule has 3 fully saturated rings. The Labute approximate surface area is 111 Å². The number of amides is 1. The first-order valence-electron chi connectivity index (χ1n) is 7.64. The molecule has 0 unspecified atom stereocenters. The van der Waals surface area contributed by atoms with Crippen molar-refractivity contribution in [2.45, 2.75) is 58.9 Å². The van der Waals surface area contributed by atoms with Crippen LogP contribution in [0.4, 0.5) is 0 Å². The van der Waals surface area contributed by atoms with Crippen molar-refractivity contribution in [3.05, 3.63) is 0 Å². The molecule has 0 heterocycles. The van der Waals surface area contributed by atoms with Gasteiger partial charge in [0.1, 0.15) is 0 Å². The zero-order chi connectivity index (χ0) is 13.1. The lowest BCUT2D eigenvalue weighted by atomic mass is 9.58. The molecule has 0 aromatic heterocycles. The highest BCUT2D eigenvalue weighted by molar-refractivity contribution is 5.48. The third-order valence-corrected chi connectivity index (χ3v) is 6.88. The second-order valence-electron chi connectivity index (χ2n) is 7.89. The van der Waals surface area contributed by atoms with Crippen molar-refractivity contribution >= 4 is 6.41 Å². The molecule has 18 heavy (non-hydrogen) atoms. The van der Waals surface area contributed by atoms with Gasteiger partial charge in [-0.15, -0.1) is 0 Å². The number of rotatable bonds is 3. The Morgan fingerprint density at radius 3 is 2.67 bits per heavy atom. The molecule has 0 aliphatic heterocycles. The van der Waals surface area contributed by atoms with Gasteiger partial charge in [0, 0.05) is 5.54 Å². The molecule has 3 saturated carbocycles.